The Morgan fingerprint density at radius 2 is 2.06 bits per heavy atom. The van der Waals surface area contributed by atoms with Gasteiger partial charge in [0.25, 0.3) is 0 Å². The number of hydrogen-bond acceptors (Lipinski definition) is 2. The van der Waals surface area contributed by atoms with Gasteiger partial charge in [0.15, 0.2) is 5.78 Å². The van der Waals surface area contributed by atoms with Gasteiger partial charge in [-0.05, 0) is 24.5 Å². The molecule has 2 heteroatoms. The van der Waals surface area contributed by atoms with Gasteiger partial charge in [-0.15, -0.1) is 0 Å². The Kier molecular flexibility index (Phi) is 5.92. The largest absolute Gasteiger partial charge is 0.373 e. The molecule has 2 nitrogen and oxygen atoms in total. The van der Waals surface area contributed by atoms with Crippen molar-refractivity contribution in [3.63, 3.8) is 0 Å². The highest BCUT2D eigenvalue weighted by atomic mass is 16.5. The zero-order chi connectivity index (χ0) is 12.7. The number of methoxy groups -OCH3 is 1. The van der Waals surface area contributed by atoms with E-state index < -0.39 is 0 Å². The molecule has 0 aliphatic rings. The molecule has 1 aromatic carbocycles. The molecule has 0 saturated carbocycles. The first-order valence-corrected chi connectivity index (χ1v) is 6.38. The average molecular weight is 234 g/mol. The zero-order valence-electron chi connectivity index (χ0n) is 11.0. The molecule has 1 rings (SSSR count). The second-order valence-corrected chi connectivity index (χ2v) is 4.33. The van der Waals surface area contributed by atoms with Crippen LogP contribution in [-0.2, 0) is 11.2 Å². The molecule has 94 valence electrons. The minimum atomic E-state index is -0.295. The molecule has 0 heterocycles. The third-order valence-corrected chi connectivity index (χ3v) is 2.88. The van der Waals surface area contributed by atoms with E-state index in [1.54, 1.807) is 7.11 Å². The number of ketones is 1. The summed E-state index contributed by atoms with van der Waals surface area (Å²) in [4.78, 5) is 12.2. The van der Waals surface area contributed by atoms with Crippen LogP contribution in [0, 0.1) is 0 Å². The summed E-state index contributed by atoms with van der Waals surface area (Å²) >= 11 is 0. The number of carbonyl (C=O) groups is 1. The van der Waals surface area contributed by atoms with E-state index in [9.17, 15) is 4.79 Å². The smallest absolute Gasteiger partial charge is 0.191 e. The first-order chi connectivity index (χ1) is 8.22. The Bertz CT molecular complexity index is 358. The summed E-state index contributed by atoms with van der Waals surface area (Å²) in [6.45, 7) is 4.20. The van der Waals surface area contributed by atoms with Crippen LogP contribution in [0.5, 0.6) is 0 Å². The van der Waals surface area contributed by atoms with Gasteiger partial charge in [0.2, 0.25) is 0 Å². The molecular formula is C15H22O2. The van der Waals surface area contributed by atoms with Gasteiger partial charge in [0, 0.05) is 12.7 Å². The quantitative estimate of drug-likeness (QED) is 0.673. The lowest BCUT2D eigenvalue weighted by Crippen LogP contribution is -2.22. The highest BCUT2D eigenvalue weighted by Gasteiger charge is 2.18. The zero-order valence-corrected chi connectivity index (χ0v) is 11.0. The van der Waals surface area contributed by atoms with Crippen LogP contribution in [0.1, 0.15) is 49.0 Å². The second kappa shape index (κ2) is 7.23. The predicted octanol–water partition coefficient (Wildman–Crippen LogP) is 3.64. The van der Waals surface area contributed by atoms with Gasteiger partial charge in [0.1, 0.15) is 6.10 Å². The molecule has 1 unspecified atom stereocenters. The third kappa shape index (κ3) is 3.97. The van der Waals surface area contributed by atoms with Gasteiger partial charge in [0.05, 0.1) is 0 Å². The number of hydrogen-bond donors (Lipinski definition) is 0. The Hall–Kier alpha value is -1.15. The minimum Gasteiger partial charge on any atom is -0.373 e. The molecule has 17 heavy (non-hydrogen) atoms. The first kappa shape index (κ1) is 13.9. The second-order valence-electron chi connectivity index (χ2n) is 4.33. The van der Waals surface area contributed by atoms with Crippen molar-refractivity contribution in [3.8, 4) is 0 Å². The summed E-state index contributed by atoms with van der Waals surface area (Å²) in [5.41, 5.74) is 2.00. The number of rotatable bonds is 7. The average Bonchev–Trinajstić information content (AvgIpc) is 2.36. The predicted molar refractivity (Wildman–Crippen MR) is 70.5 cm³/mol. The molecule has 0 saturated heterocycles. The number of aryl methyl sites for hydroxylation is 1. The number of ether oxygens (including phenoxy) is 1. The molecule has 0 bridgehead atoms. The summed E-state index contributed by atoms with van der Waals surface area (Å²) in [7, 11) is 1.61. The maximum atomic E-state index is 12.2. The van der Waals surface area contributed by atoms with Crippen LogP contribution in [0.4, 0.5) is 0 Å². The molecule has 0 fully saturated rings. The molecule has 0 spiro atoms. The van der Waals surface area contributed by atoms with Gasteiger partial charge in [-0.2, -0.15) is 0 Å². The van der Waals surface area contributed by atoms with Gasteiger partial charge in [-0.25, -0.2) is 0 Å². The fourth-order valence-corrected chi connectivity index (χ4v) is 1.97. The topological polar surface area (TPSA) is 26.3 Å². The Morgan fingerprint density at radius 3 is 2.65 bits per heavy atom. The van der Waals surface area contributed by atoms with Crippen molar-refractivity contribution in [1.29, 1.82) is 0 Å². The van der Waals surface area contributed by atoms with Crippen molar-refractivity contribution >= 4 is 5.78 Å². The van der Waals surface area contributed by atoms with Crippen molar-refractivity contribution in [3.05, 3.63) is 35.4 Å². The van der Waals surface area contributed by atoms with E-state index in [1.165, 1.54) is 5.56 Å². The normalized spacial score (nSPS) is 12.4. The molecule has 0 aliphatic heterocycles. The SMILES string of the molecule is CCCc1cccc(C(=O)C(CCC)OC)c1. The van der Waals surface area contributed by atoms with E-state index in [0.717, 1.165) is 31.2 Å². The van der Waals surface area contributed by atoms with Crippen LogP contribution < -0.4 is 0 Å². The summed E-state index contributed by atoms with van der Waals surface area (Å²) < 4.78 is 5.26. The van der Waals surface area contributed by atoms with Gasteiger partial charge in [-0.3, -0.25) is 4.79 Å². The van der Waals surface area contributed by atoms with Crippen LogP contribution >= 0.6 is 0 Å². The van der Waals surface area contributed by atoms with Crippen molar-refractivity contribution in [2.75, 3.05) is 7.11 Å². The van der Waals surface area contributed by atoms with Crippen LogP contribution in [0.15, 0.2) is 24.3 Å². The fourth-order valence-electron chi connectivity index (χ4n) is 1.97. The maximum Gasteiger partial charge on any atom is 0.191 e. The molecule has 0 aromatic heterocycles. The summed E-state index contributed by atoms with van der Waals surface area (Å²) in [6.07, 6.45) is 3.57. The lowest BCUT2D eigenvalue weighted by Gasteiger charge is -2.13. The van der Waals surface area contributed by atoms with Crippen molar-refractivity contribution < 1.29 is 9.53 Å². The number of Topliss-reactive ketones (excluding diaryl/α,β-unsaturated/α-hetero) is 1. The number of benzene rings is 1. The van der Waals surface area contributed by atoms with Crippen LogP contribution in [0.2, 0.25) is 0 Å². The Labute approximate surface area is 104 Å². The fraction of sp³-hybridized carbons (Fsp3) is 0.533. The van der Waals surface area contributed by atoms with Gasteiger partial charge in [-0.1, -0.05) is 44.9 Å². The first-order valence-electron chi connectivity index (χ1n) is 6.38. The van der Waals surface area contributed by atoms with Gasteiger partial charge >= 0.3 is 0 Å². The third-order valence-electron chi connectivity index (χ3n) is 2.88. The van der Waals surface area contributed by atoms with Crippen LogP contribution in [-0.4, -0.2) is 19.0 Å². The highest BCUT2D eigenvalue weighted by molar-refractivity contribution is 5.99. The van der Waals surface area contributed by atoms with E-state index in [4.69, 9.17) is 4.74 Å². The Balaban J connectivity index is 2.83. The van der Waals surface area contributed by atoms with Crippen molar-refractivity contribution in [2.45, 2.75) is 45.6 Å². The van der Waals surface area contributed by atoms with E-state index >= 15 is 0 Å². The monoisotopic (exact) mass is 234 g/mol. The summed E-state index contributed by atoms with van der Waals surface area (Å²) in [5, 5.41) is 0. The lowest BCUT2D eigenvalue weighted by atomic mass is 9.99. The molecule has 0 radical (unpaired) electrons. The molecular weight excluding hydrogens is 212 g/mol. The standard InChI is InChI=1S/C15H22O2/c1-4-7-12-9-6-10-13(11-12)15(16)14(17-3)8-5-2/h6,9-11,14H,4-5,7-8H2,1-3H3. The lowest BCUT2D eigenvalue weighted by molar-refractivity contribution is 0.0578. The highest BCUT2D eigenvalue weighted by Crippen LogP contribution is 2.13. The molecule has 1 aromatic rings. The Morgan fingerprint density at radius 1 is 1.29 bits per heavy atom. The van der Waals surface area contributed by atoms with Crippen LogP contribution in [0.3, 0.4) is 0 Å². The van der Waals surface area contributed by atoms with E-state index in [-0.39, 0.29) is 11.9 Å². The molecule has 0 aliphatic carbocycles. The summed E-state index contributed by atoms with van der Waals surface area (Å²) in [5.74, 6) is 0.104. The number of carbonyl (C=O) groups excluding carboxylic acids is 1. The van der Waals surface area contributed by atoms with Crippen molar-refractivity contribution in [1.82, 2.24) is 0 Å². The van der Waals surface area contributed by atoms with E-state index in [1.807, 2.05) is 18.2 Å². The van der Waals surface area contributed by atoms with Crippen LogP contribution in [0.25, 0.3) is 0 Å². The maximum absolute atomic E-state index is 12.2. The van der Waals surface area contributed by atoms with Gasteiger partial charge < -0.3 is 4.74 Å². The van der Waals surface area contributed by atoms with E-state index in [0.29, 0.717) is 0 Å². The molecule has 0 amide bonds. The van der Waals surface area contributed by atoms with Crippen molar-refractivity contribution in [2.24, 2.45) is 0 Å². The molecule has 0 N–H and O–H groups in total. The minimum absolute atomic E-state index is 0.104. The summed E-state index contributed by atoms with van der Waals surface area (Å²) in [6, 6.07) is 7.90. The molecule has 1 atom stereocenters. The van der Waals surface area contributed by atoms with E-state index in [2.05, 4.69) is 19.9 Å².